The predicted octanol–water partition coefficient (Wildman–Crippen LogP) is 6.16. The van der Waals surface area contributed by atoms with E-state index < -0.39 is 17.7 Å². The summed E-state index contributed by atoms with van der Waals surface area (Å²) >= 11 is 3.43. The van der Waals surface area contributed by atoms with Crippen LogP contribution in [0.5, 0.6) is 0 Å². The first kappa shape index (κ1) is 21.1. The minimum absolute atomic E-state index is 0.0245. The van der Waals surface area contributed by atoms with Crippen LogP contribution in [-0.4, -0.2) is 22.5 Å². The van der Waals surface area contributed by atoms with Crippen LogP contribution in [0.3, 0.4) is 0 Å². The molecule has 4 nitrogen and oxygen atoms in total. The summed E-state index contributed by atoms with van der Waals surface area (Å²) in [5.41, 5.74) is 2.04. The first-order valence-corrected chi connectivity index (χ1v) is 10.1. The lowest BCUT2D eigenvalue weighted by Crippen LogP contribution is -2.10. The fourth-order valence-corrected chi connectivity index (χ4v) is 3.90. The molecule has 0 aliphatic rings. The highest BCUT2D eigenvalue weighted by Crippen LogP contribution is 2.35. The van der Waals surface area contributed by atoms with Crippen LogP contribution in [0.2, 0.25) is 0 Å². The molecule has 2 aromatic heterocycles. The Hall–Kier alpha value is -3.13. The first-order chi connectivity index (χ1) is 14.8. The zero-order chi connectivity index (χ0) is 22.2. The molecule has 0 saturated heterocycles. The van der Waals surface area contributed by atoms with Gasteiger partial charge in [0.25, 0.3) is 0 Å². The zero-order valence-electron chi connectivity index (χ0n) is 16.3. The van der Waals surface area contributed by atoms with E-state index in [1.54, 1.807) is 28.8 Å². The minimum Gasteiger partial charge on any atom is -0.465 e. The SMILES string of the molecule is COC(=O)c1ccc2nc(-c3cccc(Br)c3)c(Cc3ccccc3C(F)(F)F)n2c1. The quantitative estimate of drug-likeness (QED) is 0.323. The van der Waals surface area contributed by atoms with Crippen molar-refractivity contribution in [3.63, 3.8) is 0 Å². The minimum atomic E-state index is -4.48. The van der Waals surface area contributed by atoms with Gasteiger partial charge in [0.1, 0.15) is 5.65 Å². The van der Waals surface area contributed by atoms with Crippen molar-refractivity contribution in [1.82, 2.24) is 9.38 Å². The monoisotopic (exact) mass is 488 g/mol. The van der Waals surface area contributed by atoms with Gasteiger partial charge in [0.2, 0.25) is 0 Å². The van der Waals surface area contributed by atoms with Crippen molar-refractivity contribution < 1.29 is 22.7 Å². The normalized spacial score (nSPS) is 11.6. The Balaban J connectivity index is 1.95. The van der Waals surface area contributed by atoms with Crippen molar-refractivity contribution in [2.45, 2.75) is 12.6 Å². The van der Waals surface area contributed by atoms with E-state index in [0.717, 1.165) is 16.1 Å². The topological polar surface area (TPSA) is 43.6 Å². The summed E-state index contributed by atoms with van der Waals surface area (Å²) in [7, 11) is 1.27. The van der Waals surface area contributed by atoms with Gasteiger partial charge >= 0.3 is 12.1 Å². The van der Waals surface area contributed by atoms with E-state index in [2.05, 4.69) is 20.9 Å². The highest BCUT2D eigenvalue weighted by Gasteiger charge is 2.33. The molecule has 2 aromatic carbocycles. The third-order valence-electron chi connectivity index (χ3n) is 4.92. The number of hydrogen-bond acceptors (Lipinski definition) is 3. The van der Waals surface area contributed by atoms with Gasteiger partial charge in [0.05, 0.1) is 29.6 Å². The van der Waals surface area contributed by atoms with E-state index in [4.69, 9.17) is 4.74 Å². The second-order valence-corrected chi connectivity index (χ2v) is 7.80. The van der Waals surface area contributed by atoms with Crippen LogP contribution >= 0.6 is 15.9 Å². The van der Waals surface area contributed by atoms with Crippen molar-refractivity contribution in [1.29, 1.82) is 0 Å². The van der Waals surface area contributed by atoms with Gasteiger partial charge in [-0.1, -0.05) is 46.3 Å². The van der Waals surface area contributed by atoms with Crippen LogP contribution in [0.25, 0.3) is 16.9 Å². The van der Waals surface area contributed by atoms with Crippen molar-refractivity contribution in [2.75, 3.05) is 7.11 Å². The molecule has 0 spiro atoms. The number of aromatic nitrogens is 2. The number of rotatable bonds is 4. The molecule has 0 unspecified atom stereocenters. The Morgan fingerprint density at radius 2 is 1.87 bits per heavy atom. The molecule has 4 aromatic rings. The predicted molar refractivity (Wildman–Crippen MR) is 114 cm³/mol. The molecule has 0 fully saturated rings. The second kappa shape index (κ2) is 8.19. The summed E-state index contributed by atoms with van der Waals surface area (Å²) in [6.45, 7) is 0. The van der Waals surface area contributed by atoms with Crippen LogP contribution in [0.15, 0.2) is 71.3 Å². The molecule has 0 N–H and O–H groups in total. The lowest BCUT2D eigenvalue weighted by atomic mass is 9.99. The molecule has 158 valence electrons. The molecule has 0 atom stereocenters. The highest BCUT2D eigenvalue weighted by molar-refractivity contribution is 9.10. The number of alkyl halides is 3. The summed E-state index contributed by atoms with van der Waals surface area (Å²) in [5, 5.41) is 0. The molecule has 0 saturated carbocycles. The summed E-state index contributed by atoms with van der Waals surface area (Å²) in [4.78, 5) is 16.7. The molecule has 8 heteroatoms. The molecule has 0 amide bonds. The van der Waals surface area contributed by atoms with Gasteiger partial charge in [-0.25, -0.2) is 9.78 Å². The Kier molecular flexibility index (Phi) is 5.58. The fourth-order valence-electron chi connectivity index (χ4n) is 3.50. The Morgan fingerprint density at radius 3 is 2.58 bits per heavy atom. The zero-order valence-corrected chi connectivity index (χ0v) is 17.9. The number of halogens is 4. The van der Waals surface area contributed by atoms with Gasteiger partial charge < -0.3 is 9.14 Å². The molecular formula is C23H16BrF3N2O2. The number of methoxy groups -OCH3 is 1. The molecule has 0 aliphatic carbocycles. The van der Waals surface area contributed by atoms with E-state index in [1.807, 2.05) is 24.3 Å². The average Bonchev–Trinajstić information content (AvgIpc) is 3.10. The van der Waals surface area contributed by atoms with Crippen molar-refractivity contribution in [3.05, 3.63) is 93.7 Å². The summed E-state index contributed by atoms with van der Waals surface area (Å²) in [6.07, 6.45) is -2.96. The van der Waals surface area contributed by atoms with Crippen LogP contribution in [0, 0.1) is 0 Å². The third-order valence-corrected chi connectivity index (χ3v) is 5.41. The number of esters is 1. The molecule has 31 heavy (non-hydrogen) atoms. The molecular weight excluding hydrogens is 473 g/mol. The van der Waals surface area contributed by atoms with Crippen LogP contribution in [0.4, 0.5) is 13.2 Å². The van der Waals surface area contributed by atoms with Crippen molar-refractivity contribution in [3.8, 4) is 11.3 Å². The maximum absolute atomic E-state index is 13.6. The summed E-state index contributed by atoms with van der Waals surface area (Å²) in [5.74, 6) is -0.541. The number of carbonyl (C=O) groups is 1. The maximum atomic E-state index is 13.6. The van der Waals surface area contributed by atoms with E-state index >= 15 is 0 Å². The third kappa shape index (κ3) is 4.20. The standard InChI is InChI=1S/C23H16BrF3N2O2/c1-31-22(30)16-9-10-20-28-21(15-6-4-7-17(24)11-15)19(29(20)13-16)12-14-5-2-3-8-18(14)23(25,26)27/h2-11,13H,12H2,1H3. The number of carbonyl (C=O) groups excluding carboxylic acids is 1. The lowest BCUT2D eigenvalue weighted by molar-refractivity contribution is -0.138. The Bertz CT molecular complexity index is 1280. The summed E-state index contributed by atoms with van der Waals surface area (Å²) < 4.78 is 48.0. The molecule has 0 radical (unpaired) electrons. The van der Waals surface area contributed by atoms with E-state index in [0.29, 0.717) is 17.0 Å². The van der Waals surface area contributed by atoms with E-state index in [1.165, 1.54) is 19.2 Å². The highest BCUT2D eigenvalue weighted by atomic mass is 79.9. The number of pyridine rings is 1. The Morgan fingerprint density at radius 1 is 1.10 bits per heavy atom. The Labute approximate surface area is 184 Å². The van der Waals surface area contributed by atoms with Crippen molar-refractivity contribution >= 4 is 27.5 Å². The van der Waals surface area contributed by atoms with Gasteiger partial charge in [0, 0.05) is 22.7 Å². The second-order valence-electron chi connectivity index (χ2n) is 6.89. The first-order valence-electron chi connectivity index (χ1n) is 9.28. The van der Waals surface area contributed by atoms with Gasteiger partial charge in [-0.05, 0) is 35.9 Å². The van der Waals surface area contributed by atoms with Gasteiger partial charge in [0.15, 0.2) is 0 Å². The molecule has 4 rings (SSSR count). The number of hydrogen-bond donors (Lipinski definition) is 0. The summed E-state index contributed by atoms with van der Waals surface area (Å²) in [6, 6.07) is 16.1. The number of nitrogens with zero attached hydrogens (tertiary/aromatic N) is 2. The number of benzene rings is 2. The van der Waals surface area contributed by atoms with E-state index in [9.17, 15) is 18.0 Å². The van der Waals surface area contributed by atoms with E-state index in [-0.39, 0.29) is 17.5 Å². The van der Waals surface area contributed by atoms with Crippen molar-refractivity contribution in [2.24, 2.45) is 0 Å². The van der Waals surface area contributed by atoms with Gasteiger partial charge in [-0.3, -0.25) is 0 Å². The van der Waals surface area contributed by atoms with Crippen LogP contribution in [-0.2, 0) is 17.3 Å². The average molecular weight is 489 g/mol. The van der Waals surface area contributed by atoms with Gasteiger partial charge in [-0.2, -0.15) is 13.2 Å². The smallest absolute Gasteiger partial charge is 0.416 e. The lowest BCUT2D eigenvalue weighted by Gasteiger charge is -2.13. The number of fused-ring (bicyclic) bond motifs is 1. The van der Waals surface area contributed by atoms with Crippen LogP contribution in [0.1, 0.15) is 27.2 Å². The van der Waals surface area contributed by atoms with Crippen LogP contribution < -0.4 is 0 Å². The molecule has 0 aliphatic heterocycles. The van der Waals surface area contributed by atoms with Gasteiger partial charge in [-0.15, -0.1) is 0 Å². The largest absolute Gasteiger partial charge is 0.465 e. The number of ether oxygens (including phenoxy) is 1. The fraction of sp³-hybridized carbons (Fsp3) is 0.130. The molecule has 2 heterocycles. The number of imidazole rings is 1. The maximum Gasteiger partial charge on any atom is 0.416 e. The molecule has 0 bridgehead atoms.